The molecule has 3 aromatic rings. The zero-order valence-electron chi connectivity index (χ0n) is 11.8. The van der Waals surface area contributed by atoms with Gasteiger partial charge in [-0.15, -0.1) is 11.3 Å². The van der Waals surface area contributed by atoms with E-state index < -0.39 is 5.56 Å². The Labute approximate surface area is 130 Å². The molecule has 4 nitrogen and oxygen atoms in total. The van der Waals surface area contributed by atoms with Crippen LogP contribution >= 0.6 is 22.9 Å². The topological polar surface area (TPSA) is 55.1 Å². The summed E-state index contributed by atoms with van der Waals surface area (Å²) in [6, 6.07) is 5.39. The molecule has 108 valence electrons. The van der Waals surface area contributed by atoms with Gasteiger partial charge in [0.2, 0.25) is 0 Å². The Hall–Kier alpha value is -1.85. The van der Waals surface area contributed by atoms with Gasteiger partial charge in [0.05, 0.1) is 20.9 Å². The fourth-order valence-corrected chi connectivity index (χ4v) is 3.40. The molecule has 0 saturated carbocycles. The van der Waals surface area contributed by atoms with E-state index in [-0.39, 0.29) is 10.8 Å². The molecule has 0 amide bonds. The van der Waals surface area contributed by atoms with Crippen molar-refractivity contribution in [3.8, 4) is 11.4 Å². The quantitative estimate of drug-likeness (QED) is 0.743. The van der Waals surface area contributed by atoms with Crippen LogP contribution in [0.4, 0.5) is 0 Å². The van der Waals surface area contributed by atoms with E-state index in [2.05, 4.69) is 4.98 Å². The molecular formula is C15H13ClN2O2S. The molecule has 0 radical (unpaired) electrons. The van der Waals surface area contributed by atoms with Crippen LogP contribution in [0.2, 0.25) is 5.02 Å². The number of fused-ring (bicyclic) bond motifs is 1. The first-order valence-electron chi connectivity index (χ1n) is 6.38. The van der Waals surface area contributed by atoms with Crippen molar-refractivity contribution in [1.29, 1.82) is 0 Å². The fraction of sp³-hybridized carbons (Fsp3) is 0.200. The maximum Gasteiger partial charge on any atom is 0.277 e. The van der Waals surface area contributed by atoms with E-state index in [0.717, 1.165) is 26.5 Å². The lowest BCUT2D eigenvalue weighted by molar-refractivity contribution is 0.472. The number of hydrogen-bond donors (Lipinski definition) is 1. The highest BCUT2D eigenvalue weighted by molar-refractivity contribution is 7.18. The minimum Gasteiger partial charge on any atom is -0.506 e. The SMILES string of the molecule is Cc1nc2cc(C)c(-n3c(C)cc(O)c(Cl)c3=O)cc2s1. The molecular weight excluding hydrogens is 308 g/mol. The van der Waals surface area contributed by atoms with E-state index in [9.17, 15) is 9.90 Å². The van der Waals surface area contributed by atoms with Crippen molar-refractivity contribution in [3.05, 3.63) is 49.8 Å². The van der Waals surface area contributed by atoms with Crippen LogP contribution in [0.25, 0.3) is 15.9 Å². The Bertz CT molecular complexity index is 928. The number of aromatic nitrogens is 2. The Morgan fingerprint density at radius 1 is 1.24 bits per heavy atom. The molecule has 0 atom stereocenters. The third-order valence-electron chi connectivity index (χ3n) is 3.37. The summed E-state index contributed by atoms with van der Waals surface area (Å²) in [6.07, 6.45) is 0. The van der Waals surface area contributed by atoms with Crippen molar-refractivity contribution < 1.29 is 5.11 Å². The molecule has 1 N–H and O–H groups in total. The van der Waals surface area contributed by atoms with Crippen molar-refractivity contribution in [2.45, 2.75) is 20.8 Å². The van der Waals surface area contributed by atoms with E-state index >= 15 is 0 Å². The maximum absolute atomic E-state index is 12.4. The second kappa shape index (κ2) is 4.86. The molecule has 6 heteroatoms. The number of thiazole rings is 1. The minimum atomic E-state index is -0.419. The second-order valence-electron chi connectivity index (χ2n) is 4.96. The number of hydrogen-bond acceptors (Lipinski definition) is 4. The summed E-state index contributed by atoms with van der Waals surface area (Å²) in [5.74, 6) is -0.192. The zero-order valence-corrected chi connectivity index (χ0v) is 13.3. The van der Waals surface area contributed by atoms with Gasteiger partial charge in [-0.25, -0.2) is 4.98 Å². The predicted molar refractivity (Wildman–Crippen MR) is 86.1 cm³/mol. The Kier molecular flexibility index (Phi) is 3.26. The summed E-state index contributed by atoms with van der Waals surface area (Å²) in [6.45, 7) is 5.64. The molecule has 0 saturated heterocycles. The molecule has 1 aromatic carbocycles. The number of halogens is 1. The Morgan fingerprint density at radius 3 is 2.67 bits per heavy atom. The van der Waals surface area contributed by atoms with Crippen LogP contribution in [0.1, 0.15) is 16.3 Å². The van der Waals surface area contributed by atoms with Crippen molar-refractivity contribution in [1.82, 2.24) is 9.55 Å². The highest BCUT2D eigenvalue weighted by atomic mass is 35.5. The van der Waals surface area contributed by atoms with E-state index in [1.165, 1.54) is 10.6 Å². The summed E-state index contributed by atoms with van der Waals surface area (Å²) in [7, 11) is 0. The highest BCUT2D eigenvalue weighted by Crippen LogP contribution is 2.28. The van der Waals surface area contributed by atoms with E-state index in [1.54, 1.807) is 18.3 Å². The van der Waals surface area contributed by atoms with Gasteiger partial charge in [0.1, 0.15) is 10.8 Å². The van der Waals surface area contributed by atoms with E-state index in [4.69, 9.17) is 11.6 Å². The largest absolute Gasteiger partial charge is 0.506 e. The van der Waals surface area contributed by atoms with Crippen LogP contribution in [0, 0.1) is 20.8 Å². The fourth-order valence-electron chi connectivity index (χ4n) is 2.42. The van der Waals surface area contributed by atoms with Gasteiger partial charge in [-0.3, -0.25) is 9.36 Å². The minimum absolute atomic E-state index is 0.166. The predicted octanol–water partition coefficient (Wildman–Crippen LogP) is 3.73. The molecule has 0 aliphatic heterocycles. The Morgan fingerprint density at radius 2 is 1.95 bits per heavy atom. The average molecular weight is 321 g/mol. The van der Waals surface area contributed by atoms with Gasteiger partial charge < -0.3 is 5.11 Å². The molecule has 2 aromatic heterocycles. The summed E-state index contributed by atoms with van der Waals surface area (Å²) < 4.78 is 2.54. The van der Waals surface area contributed by atoms with Crippen molar-refractivity contribution >= 4 is 33.2 Å². The number of pyridine rings is 1. The smallest absolute Gasteiger partial charge is 0.277 e. The molecule has 3 rings (SSSR count). The zero-order chi connectivity index (χ0) is 15.3. The average Bonchev–Trinajstić information content (AvgIpc) is 2.75. The molecule has 2 heterocycles. The Balaban J connectivity index is 2.37. The number of rotatable bonds is 1. The summed E-state index contributed by atoms with van der Waals surface area (Å²) in [4.78, 5) is 16.8. The summed E-state index contributed by atoms with van der Waals surface area (Å²) in [5.41, 5.74) is 2.83. The van der Waals surface area contributed by atoms with Gasteiger partial charge in [-0.05, 0) is 38.5 Å². The van der Waals surface area contributed by atoms with Crippen LogP contribution in [0.5, 0.6) is 5.75 Å². The normalized spacial score (nSPS) is 11.2. The van der Waals surface area contributed by atoms with Gasteiger partial charge in [-0.2, -0.15) is 0 Å². The van der Waals surface area contributed by atoms with E-state index in [0.29, 0.717) is 5.69 Å². The highest BCUT2D eigenvalue weighted by Gasteiger charge is 2.15. The van der Waals surface area contributed by atoms with Crippen LogP contribution in [0.15, 0.2) is 23.0 Å². The third-order valence-corrected chi connectivity index (χ3v) is 4.66. The van der Waals surface area contributed by atoms with Crippen LogP contribution < -0.4 is 5.56 Å². The van der Waals surface area contributed by atoms with E-state index in [1.807, 2.05) is 26.0 Å². The lowest BCUT2D eigenvalue weighted by atomic mass is 10.1. The molecule has 0 spiro atoms. The first-order chi connectivity index (χ1) is 9.88. The second-order valence-corrected chi connectivity index (χ2v) is 6.58. The number of aryl methyl sites for hydroxylation is 3. The molecule has 0 aliphatic carbocycles. The summed E-state index contributed by atoms with van der Waals surface area (Å²) >= 11 is 7.47. The monoisotopic (exact) mass is 320 g/mol. The van der Waals surface area contributed by atoms with Gasteiger partial charge in [0.25, 0.3) is 5.56 Å². The van der Waals surface area contributed by atoms with Gasteiger partial charge >= 0.3 is 0 Å². The first kappa shape index (κ1) is 14.1. The molecule has 0 unspecified atom stereocenters. The number of nitrogens with zero attached hydrogens (tertiary/aromatic N) is 2. The lowest BCUT2D eigenvalue weighted by Crippen LogP contribution is -2.21. The maximum atomic E-state index is 12.4. The van der Waals surface area contributed by atoms with Crippen LogP contribution in [-0.4, -0.2) is 14.7 Å². The van der Waals surface area contributed by atoms with Gasteiger partial charge in [-0.1, -0.05) is 11.6 Å². The third kappa shape index (κ3) is 2.22. The first-order valence-corrected chi connectivity index (χ1v) is 7.57. The van der Waals surface area contributed by atoms with Crippen LogP contribution in [0.3, 0.4) is 0 Å². The molecule has 21 heavy (non-hydrogen) atoms. The number of benzene rings is 1. The lowest BCUT2D eigenvalue weighted by Gasteiger charge is -2.14. The molecule has 0 aliphatic rings. The number of aromatic hydroxyl groups is 1. The molecule has 0 bridgehead atoms. The standard InChI is InChI=1S/C15H13ClN2O2S/c1-7-4-10-13(21-9(3)17-10)6-11(7)18-8(2)5-12(19)14(16)15(18)20/h4-6,19H,1-3H3. The van der Waals surface area contributed by atoms with Gasteiger partial charge in [0, 0.05) is 11.8 Å². The van der Waals surface area contributed by atoms with Crippen molar-refractivity contribution in [2.75, 3.05) is 0 Å². The molecule has 0 fully saturated rings. The van der Waals surface area contributed by atoms with Crippen LogP contribution in [-0.2, 0) is 0 Å². The van der Waals surface area contributed by atoms with Crippen molar-refractivity contribution in [3.63, 3.8) is 0 Å². The van der Waals surface area contributed by atoms with Gasteiger partial charge in [0.15, 0.2) is 0 Å². The summed E-state index contributed by atoms with van der Waals surface area (Å²) in [5, 5.41) is 10.5. The van der Waals surface area contributed by atoms with Crippen molar-refractivity contribution in [2.24, 2.45) is 0 Å².